The number of nitrogens with one attached hydrogen (secondary N) is 1. The third-order valence-electron chi connectivity index (χ3n) is 2.45. The first-order valence-corrected chi connectivity index (χ1v) is 7.52. The van der Waals surface area contributed by atoms with Crippen molar-refractivity contribution in [2.24, 2.45) is 0 Å². The molecule has 6 heteroatoms. The average Bonchev–Trinajstić information content (AvgIpc) is 2.78. The predicted molar refractivity (Wildman–Crippen MR) is 80.3 cm³/mol. The van der Waals surface area contributed by atoms with E-state index in [0.717, 1.165) is 38.5 Å². The minimum atomic E-state index is -0.220. The van der Waals surface area contributed by atoms with Gasteiger partial charge in [0.25, 0.3) is 0 Å². The van der Waals surface area contributed by atoms with Gasteiger partial charge in [-0.3, -0.25) is 0 Å². The first-order valence-electron chi connectivity index (χ1n) is 5.63. The number of halogens is 2. The van der Waals surface area contributed by atoms with E-state index in [1.165, 1.54) is 12.1 Å². The molecule has 3 nitrogen and oxygen atoms in total. The molecular weight excluding hydrogens is 364 g/mol. The molecule has 0 saturated heterocycles. The lowest BCUT2D eigenvalue weighted by Crippen LogP contribution is -2.08. The van der Waals surface area contributed by atoms with Crippen LogP contribution in [0.5, 0.6) is 0 Å². The summed E-state index contributed by atoms with van der Waals surface area (Å²) in [5.41, 5.74) is 0.953. The van der Waals surface area contributed by atoms with Crippen molar-refractivity contribution in [2.75, 3.05) is 13.6 Å². The highest BCUT2D eigenvalue weighted by molar-refractivity contribution is 14.1. The molecule has 18 heavy (non-hydrogen) atoms. The summed E-state index contributed by atoms with van der Waals surface area (Å²) in [6.07, 6.45) is 1.97. The highest BCUT2D eigenvalue weighted by Crippen LogP contribution is 2.28. The van der Waals surface area contributed by atoms with Gasteiger partial charge < -0.3 is 5.32 Å². The molecule has 1 N–H and O–H groups in total. The van der Waals surface area contributed by atoms with Crippen molar-refractivity contribution >= 4 is 33.9 Å². The third kappa shape index (κ3) is 3.46. The van der Waals surface area contributed by atoms with Crippen molar-refractivity contribution in [3.8, 4) is 10.6 Å². The molecule has 0 amide bonds. The molecule has 0 aliphatic rings. The fraction of sp³-hybridized carbons (Fsp3) is 0.333. The Kier molecular flexibility index (Phi) is 5.02. The predicted octanol–water partition coefficient (Wildman–Crippen LogP) is 3.10. The summed E-state index contributed by atoms with van der Waals surface area (Å²) in [6.45, 7) is 0.975. The number of nitrogens with zero attached hydrogens (tertiary/aromatic N) is 2. The number of aryl methyl sites for hydroxylation is 1. The number of hydrogen-bond acceptors (Lipinski definition) is 4. The lowest BCUT2D eigenvalue weighted by atomic mass is 10.2. The van der Waals surface area contributed by atoms with Gasteiger partial charge in [0.1, 0.15) is 15.8 Å². The zero-order valence-corrected chi connectivity index (χ0v) is 12.9. The van der Waals surface area contributed by atoms with Crippen molar-refractivity contribution in [3.63, 3.8) is 0 Å². The Morgan fingerprint density at radius 2 is 2.22 bits per heavy atom. The second-order valence-corrected chi connectivity index (χ2v) is 6.06. The zero-order valence-electron chi connectivity index (χ0n) is 9.91. The summed E-state index contributed by atoms with van der Waals surface area (Å²) in [5.74, 6) is -0.220. The third-order valence-corrected chi connectivity index (χ3v) is 4.35. The van der Waals surface area contributed by atoms with Gasteiger partial charge in [-0.05, 0) is 60.8 Å². The molecule has 0 radical (unpaired) electrons. The summed E-state index contributed by atoms with van der Waals surface area (Å²) in [4.78, 5) is 0. The van der Waals surface area contributed by atoms with Gasteiger partial charge in [-0.1, -0.05) is 11.3 Å². The van der Waals surface area contributed by atoms with E-state index < -0.39 is 0 Å². The highest BCUT2D eigenvalue weighted by atomic mass is 127. The highest BCUT2D eigenvalue weighted by Gasteiger charge is 2.10. The molecule has 0 unspecified atom stereocenters. The summed E-state index contributed by atoms with van der Waals surface area (Å²) < 4.78 is 13.9. The lowest BCUT2D eigenvalue weighted by Gasteiger charge is -1.99. The van der Waals surface area contributed by atoms with Crippen LogP contribution >= 0.6 is 33.9 Å². The Morgan fingerprint density at radius 3 is 2.94 bits per heavy atom. The Bertz CT molecular complexity index is 530. The summed E-state index contributed by atoms with van der Waals surface area (Å²) in [6, 6.07) is 4.73. The molecule has 2 aromatic rings. The molecule has 1 aromatic carbocycles. The first-order chi connectivity index (χ1) is 8.70. The van der Waals surface area contributed by atoms with Crippen LogP contribution in [0.1, 0.15) is 11.4 Å². The molecule has 0 aliphatic carbocycles. The molecule has 96 valence electrons. The summed E-state index contributed by atoms with van der Waals surface area (Å²) >= 11 is 3.70. The monoisotopic (exact) mass is 377 g/mol. The van der Waals surface area contributed by atoms with E-state index in [4.69, 9.17) is 0 Å². The van der Waals surface area contributed by atoms with E-state index in [2.05, 4.69) is 38.1 Å². The van der Waals surface area contributed by atoms with Gasteiger partial charge in [0.05, 0.1) is 0 Å². The van der Waals surface area contributed by atoms with Crippen LogP contribution in [-0.4, -0.2) is 23.8 Å². The minimum Gasteiger partial charge on any atom is -0.320 e. The smallest absolute Gasteiger partial charge is 0.148 e. The van der Waals surface area contributed by atoms with E-state index in [1.807, 2.05) is 7.05 Å². The lowest BCUT2D eigenvalue weighted by molar-refractivity contribution is 0.627. The number of hydrogen-bond donors (Lipinski definition) is 1. The molecule has 0 aliphatic heterocycles. The van der Waals surface area contributed by atoms with Gasteiger partial charge in [0.2, 0.25) is 0 Å². The maximum absolute atomic E-state index is 13.0. The SMILES string of the molecule is CNCCCc1nnc(-c2ccc(F)cc2I)s1. The van der Waals surface area contributed by atoms with E-state index in [0.29, 0.717) is 0 Å². The topological polar surface area (TPSA) is 37.8 Å². The van der Waals surface area contributed by atoms with Crippen LogP contribution in [0.25, 0.3) is 10.6 Å². The Hall–Kier alpha value is -0.600. The van der Waals surface area contributed by atoms with Crippen LogP contribution in [0.3, 0.4) is 0 Å². The maximum Gasteiger partial charge on any atom is 0.148 e. The quantitative estimate of drug-likeness (QED) is 0.643. The molecule has 0 atom stereocenters. The van der Waals surface area contributed by atoms with E-state index >= 15 is 0 Å². The standard InChI is InChI=1S/C12H13FIN3S/c1-15-6-2-3-11-16-17-12(18-11)9-5-4-8(13)7-10(9)14/h4-5,7,15H,2-3,6H2,1H3. The van der Waals surface area contributed by atoms with Gasteiger partial charge in [0, 0.05) is 15.6 Å². The fourth-order valence-electron chi connectivity index (χ4n) is 1.54. The van der Waals surface area contributed by atoms with Crippen LogP contribution in [0.4, 0.5) is 4.39 Å². The largest absolute Gasteiger partial charge is 0.320 e. The van der Waals surface area contributed by atoms with Gasteiger partial charge in [-0.15, -0.1) is 10.2 Å². The van der Waals surface area contributed by atoms with Crippen molar-refractivity contribution in [1.29, 1.82) is 0 Å². The van der Waals surface area contributed by atoms with Crippen molar-refractivity contribution in [3.05, 3.63) is 32.6 Å². The van der Waals surface area contributed by atoms with Crippen LogP contribution in [-0.2, 0) is 6.42 Å². The van der Waals surface area contributed by atoms with Crippen LogP contribution < -0.4 is 5.32 Å². The Balaban J connectivity index is 2.13. The molecule has 0 spiro atoms. The van der Waals surface area contributed by atoms with Crippen molar-refractivity contribution in [2.45, 2.75) is 12.8 Å². The molecular formula is C12H13FIN3S. The summed E-state index contributed by atoms with van der Waals surface area (Å²) in [5, 5.41) is 13.3. The normalized spacial score (nSPS) is 10.8. The van der Waals surface area contributed by atoms with Crippen molar-refractivity contribution < 1.29 is 4.39 Å². The van der Waals surface area contributed by atoms with Crippen LogP contribution in [0, 0.1) is 9.39 Å². The molecule has 0 saturated carbocycles. The molecule has 1 aromatic heterocycles. The zero-order chi connectivity index (χ0) is 13.0. The first kappa shape index (κ1) is 13.8. The van der Waals surface area contributed by atoms with Gasteiger partial charge in [-0.2, -0.15) is 0 Å². The van der Waals surface area contributed by atoms with Crippen molar-refractivity contribution in [1.82, 2.24) is 15.5 Å². The summed E-state index contributed by atoms with van der Waals surface area (Å²) in [7, 11) is 1.94. The average molecular weight is 377 g/mol. The molecule has 1 heterocycles. The second-order valence-electron chi connectivity index (χ2n) is 3.83. The van der Waals surface area contributed by atoms with E-state index in [1.54, 1.807) is 17.4 Å². The number of aromatic nitrogens is 2. The Labute approximate surface area is 123 Å². The Morgan fingerprint density at radius 1 is 1.39 bits per heavy atom. The second kappa shape index (κ2) is 6.53. The van der Waals surface area contributed by atoms with Gasteiger partial charge in [0.15, 0.2) is 0 Å². The van der Waals surface area contributed by atoms with Crippen LogP contribution in [0.15, 0.2) is 18.2 Å². The fourth-order valence-corrected chi connectivity index (χ4v) is 3.38. The molecule has 0 fully saturated rings. The molecule has 2 rings (SSSR count). The van der Waals surface area contributed by atoms with Gasteiger partial charge in [-0.25, -0.2) is 4.39 Å². The minimum absolute atomic E-state index is 0.220. The molecule has 0 bridgehead atoms. The van der Waals surface area contributed by atoms with E-state index in [-0.39, 0.29) is 5.82 Å². The number of rotatable bonds is 5. The van der Waals surface area contributed by atoms with E-state index in [9.17, 15) is 4.39 Å². The maximum atomic E-state index is 13.0. The number of benzene rings is 1. The van der Waals surface area contributed by atoms with Crippen LogP contribution in [0.2, 0.25) is 0 Å². The van der Waals surface area contributed by atoms with Gasteiger partial charge >= 0.3 is 0 Å².